The van der Waals surface area contributed by atoms with Crippen LogP contribution in [0, 0.1) is 11.3 Å². The molecule has 1 fully saturated rings. The van der Waals surface area contributed by atoms with Crippen LogP contribution in [-0.2, 0) is 10.9 Å². The molecule has 0 unspecified atom stereocenters. The molecule has 27 heavy (non-hydrogen) atoms. The molecular weight excluding hydrogens is 399 g/mol. The van der Waals surface area contributed by atoms with Gasteiger partial charge in [-0.1, -0.05) is 0 Å². The fraction of sp³-hybridized carbons (Fsp3) is 0.500. The Balaban J connectivity index is 2.47. The number of anilines is 1. The van der Waals surface area contributed by atoms with Crippen molar-refractivity contribution in [2.45, 2.75) is 37.0 Å². The molecule has 0 bridgehead atoms. The third kappa shape index (κ3) is 4.38. The maximum Gasteiger partial charge on any atom is 0.433 e. The number of nitrogens with zero attached hydrogens (tertiary/aromatic N) is 2. The standard InChI is InChI=1S/C14H9F9N2O2/c15-12(16,17)8-3-7(2-1-6(8)4-24)25-5-9(10(26)13(18,19)20)27-11(25)14(21,22)23/h1-3,9-11,26H,5H2/t9-,10-,11+/m1/s1. The molecule has 3 atom stereocenters. The summed E-state index contributed by atoms with van der Waals surface area (Å²) < 4.78 is 120. The molecule has 1 aliphatic rings. The van der Waals surface area contributed by atoms with E-state index in [1.807, 2.05) is 0 Å². The van der Waals surface area contributed by atoms with E-state index in [0.717, 1.165) is 6.07 Å². The van der Waals surface area contributed by atoms with Crippen molar-refractivity contribution >= 4 is 5.69 Å². The molecule has 2 rings (SSSR count). The van der Waals surface area contributed by atoms with E-state index >= 15 is 0 Å². The van der Waals surface area contributed by atoms with Gasteiger partial charge >= 0.3 is 18.5 Å². The van der Waals surface area contributed by atoms with Gasteiger partial charge in [-0.05, 0) is 18.2 Å². The first kappa shape index (κ1) is 21.1. The molecule has 0 saturated carbocycles. The zero-order chi connectivity index (χ0) is 20.8. The van der Waals surface area contributed by atoms with Gasteiger partial charge in [0.1, 0.15) is 6.10 Å². The van der Waals surface area contributed by atoms with Crippen LogP contribution in [0.4, 0.5) is 45.2 Å². The van der Waals surface area contributed by atoms with Gasteiger partial charge in [-0.25, -0.2) is 0 Å². The molecule has 1 saturated heterocycles. The van der Waals surface area contributed by atoms with Crippen molar-refractivity contribution in [2.75, 3.05) is 11.4 Å². The lowest BCUT2D eigenvalue weighted by Crippen LogP contribution is -2.42. The first-order chi connectivity index (χ1) is 12.2. The minimum Gasteiger partial charge on any atom is -0.381 e. The zero-order valence-electron chi connectivity index (χ0n) is 12.8. The van der Waals surface area contributed by atoms with Gasteiger partial charge < -0.3 is 14.7 Å². The van der Waals surface area contributed by atoms with Crippen LogP contribution in [0.2, 0.25) is 0 Å². The predicted molar refractivity (Wildman–Crippen MR) is 70.3 cm³/mol. The third-order valence-corrected chi connectivity index (χ3v) is 3.69. The molecule has 1 aliphatic heterocycles. The summed E-state index contributed by atoms with van der Waals surface area (Å²) in [6.07, 6.45) is -24.3. The van der Waals surface area contributed by atoms with E-state index in [1.54, 1.807) is 0 Å². The van der Waals surface area contributed by atoms with Gasteiger partial charge in [-0.15, -0.1) is 0 Å². The zero-order valence-corrected chi connectivity index (χ0v) is 12.8. The molecule has 1 N–H and O–H groups in total. The number of halogens is 9. The largest absolute Gasteiger partial charge is 0.433 e. The molecule has 4 nitrogen and oxygen atoms in total. The highest BCUT2D eigenvalue weighted by atomic mass is 19.4. The molecule has 0 radical (unpaired) electrons. The number of benzene rings is 1. The van der Waals surface area contributed by atoms with Crippen molar-refractivity contribution in [2.24, 2.45) is 0 Å². The van der Waals surface area contributed by atoms with Gasteiger partial charge in [0, 0.05) is 12.2 Å². The summed E-state index contributed by atoms with van der Waals surface area (Å²) in [7, 11) is 0. The highest BCUT2D eigenvalue weighted by molar-refractivity contribution is 5.56. The second-order valence-electron chi connectivity index (χ2n) is 5.55. The van der Waals surface area contributed by atoms with Crippen LogP contribution in [0.3, 0.4) is 0 Å². The van der Waals surface area contributed by atoms with Crippen molar-refractivity contribution < 1.29 is 49.4 Å². The number of nitriles is 1. The summed E-state index contributed by atoms with van der Waals surface area (Å²) in [5, 5.41) is 17.8. The van der Waals surface area contributed by atoms with E-state index in [0.29, 0.717) is 6.07 Å². The van der Waals surface area contributed by atoms with Gasteiger partial charge in [0.25, 0.3) is 0 Å². The van der Waals surface area contributed by atoms with Crippen molar-refractivity contribution in [3.63, 3.8) is 0 Å². The van der Waals surface area contributed by atoms with Gasteiger partial charge in [-0.3, -0.25) is 0 Å². The molecule has 0 aromatic heterocycles. The minimum absolute atomic E-state index is 0.121. The Hall–Kier alpha value is -2.20. The first-order valence-corrected chi connectivity index (χ1v) is 7.01. The summed E-state index contributed by atoms with van der Waals surface area (Å²) >= 11 is 0. The Morgan fingerprint density at radius 3 is 2.15 bits per heavy atom. The van der Waals surface area contributed by atoms with Crippen molar-refractivity contribution in [1.29, 1.82) is 5.26 Å². The van der Waals surface area contributed by atoms with Crippen molar-refractivity contribution in [1.82, 2.24) is 0 Å². The molecule has 0 amide bonds. The molecule has 1 aromatic carbocycles. The average molecular weight is 408 g/mol. The number of aliphatic hydroxyl groups excluding tert-OH is 1. The van der Waals surface area contributed by atoms with Crippen molar-refractivity contribution in [3.05, 3.63) is 29.3 Å². The Morgan fingerprint density at radius 2 is 1.70 bits per heavy atom. The molecular formula is C14H9F9N2O2. The number of hydrogen-bond acceptors (Lipinski definition) is 4. The Labute approximate surface area is 145 Å². The van der Waals surface area contributed by atoms with Crippen LogP contribution < -0.4 is 4.90 Å². The van der Waals surface area contributed by atoms with E-state index < -0.39 is 60.3 Å². The number of aliphatic hydroxyl groups is 1. The lowest BCUT2D eigenvalue weighted by Gasteiger charge is -2.27. The average Bonchev–Trinajstić information content (AvgIpc) is 2.97. The maximum absolute atomic E-state index is 13.1. The Bertz CT molecular complexity index is 736. The monoisotopic (exact) mass is 408 g/mol. The van der Waals surface area contributed by atoms with Gasteiger partial charge in [0.05, 0.1) is 17.2 Å². The second kappa shape index (κ2) is 6.75. The van der Waals surface area contributed by atoms with Crippen LogP contribution in [-0.4, -0.2) is 42.4 Å². The maximum atomic E-state index is 13.1. The second-order valence-corrected chi connectivity index (χ2v) is 5.55. The van der Waals surface area contributed by atoms with E-state index in [2.05, 4.69) is 4.74 Å². The molecule has 0 spiro atoms. The predicted octanol–water partition coefficient (Wildman–Crippen LogP) is 3.59. The quantitative estimate of drug-likeness (QED) is 0.761. The topological polar surface area (TPSA) is 56.5 Å². The number of ether oxygens (including phenoxy) is 1. The fourth-order valence-corrected chi connectivity index (χ4v) is 2.49. The highest BCUT2D eigenvalue weighted by Crippen LogP contribution is 2.40. The van der Waals surface area contributed by atoms with Gasteiger partial charge in [0.2, 0.25) is 6.23 Å². The summed E-state index contributed by atoms with van der Waals surface area (Å²) in [6.45, 7) is -1.17. The van der Waals surface area contributed by atoms with Crippen LogP contribution in [0.5, 0.6) is 0 Å². The smallest absolute Gasteiger partial charge is 0.381 e. The third-order valence-electron chi connectivity index (χ3n) is 3.69. The summed E-state index contributed by atoms with van der Waals surface area (Å²) in [5.41, 5.74) is -3.19. The number of alkyl halides is 9. The molecule has 150 valence electrons. The SMILES string of the molecule is N#Cc1ccc(N2C[C@H]([C@@H](O)C(F)(F)F)O[C@H]2C(F)(F)F)cc1C(F)(F)F. The molecule has 13 heteroatoms. The summed E-state index contributed by atoms with van der Waals surface area (Å²) in [6, 6.07) is 2.76. The summed E-state index contributed by atoms with van der Waals surface area (Å²) in [5.74, 6) is 0. The Morgan fingerprint density at radius 1 is 1.11 bits per heavy atom. The Kier molecular flexibility index (Phi) is 5.28. The lowest BCUT2D eigenvalue weighted by molar-refractivity contribution is -0.258. The highest BCUT2D eigenvalue weighted by Gasteiger charge is 2.56. The first-order valence-electron chi connectivity index (χ1n) is 7.01. The minimum atomic E-state index is -5.29. The van der Waals surface area contributed by atoms with Gasteiger partial charge in [-0.2, -0.15) is 44.8 Å². The van der Waals surface area contributed by atoms with Crippen LogP contribution >= 0.6 is 0 Å². The molecule has 0 aliphatic carbocycles. The van der Waals surface area contributed by atoms with E-state index in [9.17, 15) is 39.5 Å². The van der Waals surface area contributed by atoms with Crippen LogP contribution in [0.25, 0.3) is 0 Å². The van der Waals surface area contributed by atoms with E-state index in [4.69, 9.17) is 10.4 Å². The number of rotatable bonds is 2. The molecule has 1 heterocycles. The summed E-state index contributed by atoms with van der Waals surface area (Å²) in [4.78, 5) is 0.121. The van der Waals surface area contributed by atoms with Crippen LogP contribution in [0.15, 0.2) is 18.2 Å². The molecule has 1 aromatic rings. The lowest BCUT2D eigenvalue weighted by atomic mass is 10.1. The van der Waals surface area contributed by atoms with Gasteiger partial charge in [0.15, 0.2) is 6.10 Å². The van der Waals surface area contributed by atoms with Crippen LogP contribution in [0.1, 0.15) is 11.1 Å². The normalized spacial score (nSPS) is 22.6. The van der Waals surface area contributed by atoms with E-state index in [1.165, 1.54) is 6.07 Å². The fourth-order valence-electron chi connectivity index (χ4n) is 2.49. The van der Waals surface area contributed by atoms with Crippen molar-refractivity contribution in [3.8, 4) is 6.07 Å². The number of hydrogen-bond donors (Lipinski definition) is 1. The van der Waals surface area contributed by atoms with E-state index in [-0.39, 0.29) is 11.0 Å².